The van der Waals surface area contributed by atoms with E-state index in [0.29, 0.717) is 12.2 Å². The number of carbonyl (C=O) groups is 3. The van der Waals surface area contributed by atoms with Crippen LogP contribution in [0.15, 0.2) is 41.5 Å². The highest BCUT2D eigenvalue weighted by Crippen LogP contribution is 2.62. The molecule has 14 nitrogen and oxygen atoms in total. The number of nitrogens with one attached hydrogen (secondary N) is 1. The normalized spacial score (nSPS) is 31.3. The quantitative estimate of drug-likeness (QED) is 0.0235. The maximum Gasteiger partial charge on any atom is 0.408 e. The summed E-state index contributed by atoms with van der Waals surface area (Å²) in [4.78, 5) is 42.9. The second kappa shape index (κ2) is 24.0. The summed E-state index contributed by atoms with van der Waals surface area (Å²) in [6.07, 6.45) is 8.56. The Morgan fingerprint density at radius 3 is 1.91 bits per heavy atom. The number of esters is 1. The van der Waals surface area contributed by atoms with Crippen molar-refractivity contribution in [3.63, 3.8) is 0 Å². The fourth-order valence-electron chi connectivity index (χ4n) is 11.5. The van der Waals surface area contributed by atoms with E-state index < -0.39 is 107 Å². The number of aliphatic hydroxyl groups is 5. The molecule has 3 fully saturated rings. The molecule has 1 saturated heterocycles. The zero-order valence-corrected chi connectivity index (χ0v) is 42.7. The molecule has 2 saturated carbocycles. The molecule has 5 rings (SSSR count). The molecule has 1 amide bonds. The number of hydrogen-bond donors (Lipinski definition) is 6. The molecule has 6 N–H and O–H groups in total. The first kappa shape index (κ1) is 56.0. The van der Waals surface area contributed by atoms with E-state index in [9.17, 15) is 39.9 Å². The Morgan fingerprint density at radius 2 is 1.40 bits per heavy atom. The zero-order valence-electron chi connectivity index (χ0n) is 42.7. The standard InChI is InChI=1S/C54H87NO13/c1-10-11-12-13-14-15-16-17-18-19-20-21-22-23-24-28-31-64-36(3)66-44(42(37-29-26-25-27-30-37)55-49(61)68-50(4,5)6)48(60)67-38-33-54(63)47(59)45-52(9,39(56)32-40-53(45,62)34-65-40)46(58)43(57)41(35(38)2)51(54,7)8/h25-27,29-30,36,38-40,42-45,47,56-57,59,62-63H,10-24,28,31-34H2,1-9H3,(H,55,61)/t36?,38-,39-,40+,42-,43+,44+,45-,47-,52+,53-,54?/m0/s1. The Hall–Kier alpha value is -2.95. The van der Waals surface area contributed by atoms with Crippen molar-refractivity contribution in [2.75, 3.05) is 13.2 Å². The zero-order chi connectivity index (χ0) is 50.1. The number of Topliss-reactive ketones (excluding diaryl/α,β-unsaturated/α-hetero) is 1. The first-order valence-electron chi connectivity index (χ1n) is 25.9. The summed E-state index contributed by atoms with van der Waals surface area (Å²) in [6, 6.07) is 7.57. The van der Waals surface area contributed by atoms with Gasteiger partial charge < -0.3 is 54.5 Å². The maximum absolute atomic E-state index is 14.9. The molecule has 68 heavy (non-hydrogen) atoms. The Kier molecular flexibility index (Phi) is 19.7. The number of aliphatic hydroxyl groups excluding tert-OH is 3. The van der Waals surface area contributed by atoms with Crippen molar-refractivity contribution in [1.29, 1.82) is 0 Å². The lowest BCUT2D eigenvalue weighted by atomic mass is 9.45. The molecule has 1 aliphatic heterocycles. The summed E-state index contributed by atoms with van der Waals surface area (Å²) in [7, 11) is 0. The Labute approximate surface area is 406 Å². The molecule has 1 aromatic rings. The molecule has 386 valence electrons. The third-order valence-electron chi connectivity index (χ3n) is 15.7. The van der Waals surface area contributed by atoms with Crippen LogP contribution >= 0.6 is 0 Å². The van der Waals surface area contributed by atoms with Gasteiger partial charge in [-0.2, -0.15) is 0 Å². The first-order valence-corrected chi connectivity index (χ1v) is 25.9. The van der Waals surface area contributed by atoms with Gasteiger partial charge in [0.15, 0.2) is 18.2 Å². The van der Waals surface area contributed by atoms with Crippen molar-refractivity contribution < 1.29 is 63.6 Å². The Morgan fingerprint density at radius 1 is 0.853 bits per heavy atom. The average Bonchev–Trinajstić information content (AvgIpc) is 3.27. The molecule has 4 aliphatic rings. The number of alkyl carbamates (subject to hydrolysis) is 1. The van der Waals surface area contributed by atoms with Gasteiger partial charge in [0.25, 0.3) is 0 Å². The fourth-order valence-corrected chi connectivity index (χ4v) is 11.5. The number of hydrogen-bond acceptors (Lipinski definition) is 13. The van der Waals surface area contributed by atoms with Gasteiger partial charge in [-0.3, -0.25) is 4.79 Å². The van der Waals surface area contributed by atoms with E-state index in [1.165, 1.54) is 84.0 Å². The van der Waals surface area contributed by atoms with Crippen LogP contribution in [0.1, 0.15) is 189 Å². The molecule has 0 spiro atoms. The van der Waals surface area contributed by atoms with Gasteiger partial charge in [-0.1, -0.05) is 147 Å². The lowest BCUT2D eigenvalue weighted by Crippen LogP contribution is -2.80. The Bertz CT molecular complexity index is 1830. The first-order chi connectivity index (χ1) is 32.0. The minimum absolute atomic E-state index is 0.0263. The van der Waals surface area contributed by atoms with E-state index >= 15 is 0 Å². The van der Waals surface area contributed by atoms with Crippen LogP contribution < -0.4 is 5.32 Å². The summed E-state index contributed by atoms with van der Waals surface area (Å²) < 4.78 is 30.0. The van der Waals surface area contributed by atoms with Crippen molar-refractivity contribution in [2.24, 2.45) is 16.7 Å². The molecular formula is C54H87NO13. The predicted molar refractivity (Wildman–Crippen MR) is 258 cm³/mol. The molecule has 3 aliphatic carbocycles. The molecule has 1 aromatic carbocycles. The van der Waals surface area contributed by atoms with Crippen molar-refractivity contribution in [3.8, 4) is 0 Å². The second-order valence-electron chi connectivity index (χ2n) is 22.1. The van der Waals surface area contributed by atoms with Gasteiger partial charge in [0, 0.05) is 30.8 Å². The molecule has 2 unspecified atom stereocenters. The SMILES string of the molecule is CCCCCCCCCCCCCCCCCCOC(C)O[C@@H](C(=O)O[C@H]1CC2(O)[C@@H](O)[C@@H]3[C@]4(O)CO[C@@H]4C[C@H](O)[C@@]3(C)C(=O)[C@H](O)C(=C1C)C2(C)C)[C@@H](NC(=O)OC(C)(C)C)c1ccccc1. The van der Waals surface area contributed by atoms with Crippen LogP contribution in [0.2, 0.25) is 0 Å². The summed E-state index contributed by atoms with van der Waals surface area (Å²) in [6.45, 7) is 15.3. The van der Waals surface area contributed by atoms with Crippen LogP contribution in [-0.2, 0) is 33.3 Å². The van der Waals surface area contributed by atoms with Gasteiger partial charge in [-0.05, 0) is 64.7 Å². The minimum atomic E-state index is -2.24. The van der Waals surface area contributed by atoms with Gasteiger partial charge in [0.05, 0.1) is 36.4 Å². The van der Waals surface area contributed by atoms with Crippen LogP contribution in [0.25, 0.3) is 0 Å². The third kappa shape index (κ3) is 12.6. The van der Waals surface area contributed by atoms with Crippen LogP contribution in [0.4, 0.5) is 4.79 Å². The topological polar surface area (TPSA) is 211 Å². The number of carbonyl (C=O) groups excluding carboxylic acids is 3. The number of rotatable bonds is 25. The van der Waals surface area contributed by atoms with E-state index in [2.05, 4.69) is 12.2 Å². The minimum Gasteiger partial charge on any atom is -0.456 e. The monoisotopic (exact) mass is 958 g/mol. The molecule has 0 radical (unpaired) electrons. The van der Waals surface area contributed by atoms with Gasteiger partial charge in [-0.15, -0.1) is 0 Å². The van der Waals surface area contributed by atoms with E-state index in [-0.39, 0.29) is 24.2 Å². The molecule has 1 heterocycles. The highest BCUT2D eigenvalue weighted by atomic mass is 16.7. The van der Waals surface area contributed by atoms with Gasteiger partial charge >= 0.3 is 12.1 Å². The summed E-state index contributed by atoms with van der Waals surface area (Å²) in [5.41, 5.74) is -7.54. The molecule has 12 atom stereocenters. The number of benzene rings is 1. The van der Waals surface area contributed by atoms with E-state index in [4.69, 9.17) is 23.7 Å². The molecule has 14 heteroatoms. The van der Waals surface area contributed by atoms with Gasteiger partial charge in [0.1, 0.15) is 29.0 Å². The predicted octanol–water partition coefficient (Wildman–Crippen LogP) is 8.47. The smallest absolute Gasteiger partial charge is 0.408 e. The molecule has 0 aromatic heterocycles. The lowest BCUT2D eigenvalue weighted by molar-refractivity contribution is -0.344. The van der Waals surface area contributed by atoms with E-state index in [1.807, 2.05) is 0 Å². The van der Waals surface area contributed by atoms with Crippen molar-refractivity contribution >= 4 is 17.8 Å². The molecule has 2 bridgehead atoms. The van der Waals surface area contributed by atoms with Crippen molar-refractivity contribution in [1.82, 2.24) is 5.32 Å². The molecular weight excluding hydrogens is 871 g/mol. The van der Waals surface area contributed by atoms with E-state index in [0.717, 1.165) is 25.7 Å². The summed E-state index contributed by atoms with van der Waals surface area (Å²) >= 11 is 0. The summed E-state index contributed by atoms with van der Waals surface area (Å²) in [5, 5.41) is 63.7. The highest BCUT2D eigenvalue weighted by Gasteiger charge is 2.75. The second-order valence-corrected chi connectivity index (χ2v) is 22.1. The number of fused-ring (bicyclic) bond motifs is 5. The van der Waals surface area contributed by atoms with Crippen LogP contribution in [0.5, 0.6) is 0 Å². The van der Waals surface area contributed by atoms with Gasteiger partial charge in [-0.25, -0.2) is 9.59 Å². The number of ether oxygens (including phenoxy) is 5. The van der Waals surface area contributed by atoms with Gasteiger partial charge in [0.2, 0.25) is 0 Å². The van der Waals surface area contributed by atoms with Crippen LogP contribution in [0, 0.1) is 16.7 Å². The fraction of sp³-hybridized carbons (Fsp3) is 0.796. The summed E-state index contributed by atoms with van der Waals surface area (Å²) in [5.74, 6) is -3.27. The number of unbranched alkanes of at least 4 members (excludes halogenated alkanes) is 15. The third-order valence-corrected chi connectivity index (χ3v) is 15.7. The number of ketones is 1. The Balaban J connectivity index is 1.30. The van der Waals surface area contributed by atoms with Crippen molar-refractivity contribution in [2.45, 2.75) is 244 Å². The maximum atomic E-state index is 14.9. The highest BCUT2D eigenvalue weighted by molar-refractivity contribution is 5.93. The average molecular weight is 958 g/mol. The number of amides is 1. The largest absolute Gasteiger partial charge is 0.456 e. The van der Waals surface area contributed by atoms with Crippen LogP contribution in [-0.4, -0.2) is 116 Å². The van der Waals surface area contributed by atoms with Crippen LogP contribution in [0.3, 0.4) is 0 Å². The lowest BCUT2D eigenvalue weighted by Gasteiger charge is -2.66. The van der Waals surface area contributed by atoms with E-state index in [1.54, 1.807) is 78.8 Å². The van der Waals surface area contributed by atoms with Crippen molar-refractivity contribution in [3.05, 3.63) is 47.0 Å².